The Labute approximate surface area is 134 Å². The number of nitrogens with one attached hydrogen (secondary N) is 1. The molecule has 1 saturated heterocycles. The molecule has 1 N–H and O–H groups in total. The number of methoxy groups -OCH3 is 1. The van der Waals surface area contributed by atoms with Crippen molar-refractivity contribution < 1.29 is 14.3 Å². The van der Waals surface area contributed by atoms with E-state index in [0.29, 0.717) is 23.4 Å². The van der Waals surface area contributed by atoms with Gasteiger partial charge in [0, 0.05) is 36.0 Å². The Hall–Kier alpha value is -2.82. The van der Waals surface area contributed by atoms with Crippen molar-refractivity contribution in [3.8, 4) is 5.75 Å². The van der Waals surface area contributed by atoms with Crippen LogP contribution in [0.1, 0.15) is 23.2 Å². The zero-order chi connectivity index (χ0) is 16.2. The van der Waals surface area contributed by atoms with Crippen LogP contribution in [0.4, 0.5) is 11.4 Å². The van der Waals surface area contributed by atoms with E-state index < -0.39 is 0 Å². The van der Waals surface area contributed by atoms with Gasteiger partial charge in [-0.3, -0.25) is 9.59 Å². The molecule has 0 atom stereocenters. The van der Waals surface area contributed by atoms with Gasteiger partial charge < -0.3 is 15.0 Å². The van der Waals surface area contributed by atoms with Crippen LogP contribution in [0.2, 0.25) is 0 Å². The summed E-state index contributed by atoms with van der Waals surface area (Å²) >= 11 is 0. The molecular weight excluding hydrogens is 292 g/mol. The lowest BCUT2D eigenvalue weighted by atomic mass is 10.1. The van der Waals surface area contributed by atoms with Crippen molar-refractivity contribution in [2.45, 2.75) is 12.8 Å². The molecule has 1 fully saturated rings. The molecule has 0 aliphatic carbocycles. The number of benzene rings is 2. The average molecular weight is 310 g/mol. The third-order valence-electron chi connectivity index (χ3n) is 3.84. The molecule has 0 aromatic heterocycles. The summed E-state index contributed by atoms with van der Waals surface area (Å²) in [5.74, 6) is 0.627. The van der Waals surface area contributed by atoms with Gasteiger partial charge >= 0.3 is 0 Å². The van der Waals surface area contributed by atoms with E-state index in [1.54, 1.807) is 36.3 Å². The number of anilines is 2. The van der Waals surface area contributed by atoms with Crippen LogP contribution in [0.5, 0.6) is 5.75 Å². The van der Waals surface area contributed by atoms with E-state index in [2.05, 4.69) is 5.32 Å². The number of hydrogen-bond donors (Lipinski definition) is 1. The molecule has 0 spiro atoms. The summed E-state index contributed by atoms with van der Waals surface area (Å²) in [4.78, 5) is 25.8. The van der Waals surface area contributed by atoms with Crippen molar-refractivity contribution in [2.24, 2.45) is 0 Å². The van der Waals surface area contributed by atoms with Gasteiger partial charge in [-0.25, -0.2) is 0 Å². The Bertz CT molecular complexity index is 725. The summed E-state index contributed by atoms with van der Waals surface area (Å²) < 4.78 is 5.14. The number of nitrogens with zero attached hydrogens (tertiary/aromatic N) is 1. The second kappa shape index (κ2) is 6.52. The fraction of sp³-hybridized carbons (Fsp3) is 0.222. The highest BCUT2D eigenvalue weighted by Gasteiger charge is 2.21. The summed E-state index contributed by atoms with van der Waals surface area (Å²) in [5, 5.41) is 2.83. The summed E-state index contributed by atoms with van der Waals surface area (Å²) in [5.41, 5.74) is 2.06. The third kappa shape index (κ3) is 3.34. The Kier molecular flexibility index (Phi) is 4.28. The number of carbonyl (C=O) groups is 2. The van der Waals surface area contributed by atoms with Crippen LogP contribution in [-0.2, 0) is 4.79 Å². The Morgan fingerprint density at radius 1 is 1.17 bits per heavy atom. The molecule has 5 nitrogen and oxygen atoms in total. The molecule has 0 radical (unpaired) electrons. The Balaban J connectivity index is 1.71. The molecule has 23 heavy (non-hydrogen) atoms. The summed E-state index contributed by atoms with van der Waals surface area (Å²) in [6, 6.07) is 14.3. The van der Waals surface area contributed by atoms with Crippen molar-refractivity contribution >= 4 is 23.2 Å². The van der Waals surface area contributed by atoms with Crippen LogP contribution in [0.25, 0.3) is 0 Å². The number of carbonyl (C=O) groups excluding carboxylic acids is 2. The summed E-state index contributed by atoms with van der Waals surface area (Å²) in [6.07, 6.45) is 1.48. The minimum Gasteiger partial charge on any atom is -0.497 e. The zero-order valence-electron chi connectivity index (χ0n) is 12.9. The number of ether oxygens (including phenoxy) is 1. The van der Waals surface area contributed by atoms with Gasteiger partial charge in [-0.2, -0.15) is 0 Å². The van der Waals surface area contributed by atoms with Crippen LogP contribution >= 0.6 is 0 Å². The van der Waals surface area contributed by atoms with Crippen LogP contribution < -0.4 is 15.0 Å². The predicted molar refractivity (Wildman–Crippen MR) is 89.0 cm³/mol. The lowest BCUT2D eigenvalue weighted by molar-refractivity contribution is -0.117. The monoisotopic (exact) mass is 310 g/mol. The van der Waals surface area contributed by atoms with E-state index in [-0.39, 0.29) is 11.8 Å². The molecule has 1 aliphatic rings. The first-order valence-corrected chi connectivity index (χ1v) is 7.53. The molecule has 2 aromatic carbocycles. The van der Waals surface area contributed by atoms with E-state index in [9.17, 15) is 9.59 Å². The highest BCUT2D eigenvalue weighted by atomic mass is 16.5. The topological polar surface area (TPSA) is 58.6 Å². The van der Waals surface area contributed by atoms with Crippen LogP contribution in [0.3, 0.4) is 0 Å². The van der Waals surface area contributed by atoms with Gasteiger partial charge in [-0.15, -0.1) is 0 Å². The van der Waals surface area contributed by atoms with Gasteiger partial charge in [0.1, 0.15) is 5.75 Å². The van der Waals surface area contributed by atoms with Crippen molar-refractivity contribution in [1.82, 2.24) is 0 Å². The molecule has 1 heterocycles. The Morgan fingerprint density at radius 2 is 1.96 bits per heavy atom. The number of rotatable bonds is 4. The standard InChI is InChI=1S/C18H18N2O3/c1-23-16-5-2-4-14(12-16)19-18(22)13-7-9-15(10-8-13)20-11-3-6-17(20)21/h2,4-5,7-10,12H,3,6,11H2,1H3,(H,19,22). The maximum atomic E-state index is 12.3. The highest BCUT2D eigenvalue weighted by molar-refractivity contribution is 6.05. The molecule has 5 heteroatoms. The molecule has 2 amide bonds. The van der Waals surface area contributed by atoms with Gasteiger partial charge in [0.05, 0.1) is 7.11 Å². The van der Waals surface area contributed by atoms with Crippen molar-refractivity contribution in [2.75, 3.05) is 23.9 Å². The zero-order valence-corrected chi connectivity index (χ0v) is 12.9. The van der Waals surface area contributed by atoms with Crippen molar-refractivity contribution in [3.05, 3.63) is 54.1 Å². The number of hydrogen-bond acceptors (Lipinski definition) is 3. The predicted octanol–water partition coefficient (Wildman–Crippen LogP) is 3.07. The average Bonchev–Trinajstić information content (AvgIpc) is 3.01. The highest BCUT2D eigenvalue weighted by Crippen LogP contribution is 2.22. The summed E-state index contributed by atoms with van der Waals surface area (Å²) in [6.45, 7) is 0.744. The van der Waals surface area contributed by atoms with E-state index in [4.69, 9.17) is 4.74 Å². The Morgan fingerprint density at radius 3 is 2.61 bits per heavy atom. The minimum atomic E-state index is -0.197. The van der Waals surface area contributed by atoms with Crippen LogP contribution in [-0.4, -0.2) is 25.5 Å². The molecule has 0 bridgehead atoms. The van der Waals surface area contributed by atoms with E-state index >= 15 is 0 Å². The van der Waals surface area contributed by atoms with Crippen LogP contribution in [0.15, 0.2) is 48.5 Å². The first-order valence-electron chi connectivity index (χ1n) is 7.53. The smallest absolute Gasteiger partial charge is 0.255 e. The first kappa shape index (κ1) is 15.1. The van der Waals surface area contributed by atoms with Gasteiger partial charge in [-0.1, -0.05) is 6.07 Å². The quantitative estimate of drug-likeness (QED) is 0.944. The SMILES string of the molecule is COc1cccc(NC(=O)c2ccc(N3CCCC3=O)cc2)c1. The molecule has 1 aliphatic heterocycles. The lowest BCUT2D eigenvalue weighted by Crippen LogP contribution is -2.23. The second-order valence-electron chi connectivity index (χ2n) is 5.38. The fourth-order valence-corrected chi connectivity index (χ4v) is 2.62. The van der Waals surface area contributed by atoms with Crippen LogP contribution in [0, 0.1) is 0 Å². The maximum Gasteiger partial charge on any atom is 0.255 e. The van der Waals surface area contributed by atoms with Crippen molar-refractivity contribution in [3.63, 3.8) is 0 Å². The maximum absolute atomic E-state index is 12.3. The third-order valence-corrected chi connectivity index (χ3v) is 3.84. The summed E-state index contributed by atoms with van der Waals surface area (Å²) in [7, 11) is 1.58. The van der Waals surface area contributed by atoms with Crippen molar-refractivity contribution in [1.29, 1.82) is 0 Å². The molecule has 3 rings (SSSR count). The first-order chi connectivity index (χ1) is 11.2. The second-order valence-corrected chi connectivity index (χ2v) is 5.38. The molecule has 118 valence electrons. The van der Waals surface area contributed by atoms with E-state index in [1.807, 2.05) is 24.3 Å². The fourth-order valence-electron chi connectivity index (χ4n) is 2.62. The van der Waals surface area contributed by atoms with E-state index in [0.717, 1.165) is 18.7 Å². The molecular formula is C18H18N2O3. The minimum absolute atomic E-state index is 0.138. The number of amides is 2. The normalized spacial score (nSPS) is 14.0. The molecule has 2 aromatic rings. The largest absolute Gasteiger partial charge is 0.497 e. The molecule has 0 saturated carbocycles. The van der Waals surface area contributed by atoms with Gasteiger partial charge in [0.15, 0.2) is 0 Å². The van der Waals surface area contributed by atoms with Gasteiger partial charge in [-0.05, 0) is 42.8 Å². The van der Waals surface area contributed by atoms with Gasteiger partial charge in [0.2, 0.25) is 5.91 Å². The molecule has 0 unspecified atom stereocenters. The lowest BCUT2D eigenvalue weighted by Gasteiger charge is -2.15. The van der Waals surface area contributed by atoms with Gasteiger partial charge in [0.25, 0.3) is 5.91 Å². The van der Waals surface area contributed by atoms with E-state index in [1.165, 1.54) is 0 Å².